The van der Waals surface area contributed by atoms with Crippen molar-refractivity contribution in [1.29, 1.82) is 0 Å². The molecular formula is C20H18ClN3O2. The third-order valence-corrected chi connectivity index (χ3v) is 4.87. The van der Waals surface area contributed by atoms with Crippen molar-refractivity contribution in [2.24, 2.45) is 0 Å². The second kappa shape index (κ2) is 6.94. The molecule has 1 aromatic heterocycles. The van der Waals surface area contributed by atoms with Crippen LogP contribution in [0.15, 0.2) is 54.7 Å². The van der Waals surface area contributed by atoms with Gasteiger partial charge in [0.1, 0.15) is 0 Å². The zero-order valence-electron chi connectivity index (χ0n) is 14.0. The molecule has 0 aliphatic carbocycles. The topological polar surface area (TPSA) is 65.2 Å². The fraction of sp³-hybridized carbons (Fsp3) is 0.200. The summed E-state index contributed by atoms with van der Waals surface area (Å²) in [5.41, 5.74) is 2.60. The molecular weight excluding hydrogens is 350 g/mol. The number of rotatable bonds is 5. The first kappa shape index (κ1) is 16.8. The largest absolute Gasteiger partial charge is 0.361 e. The monoisotopic (exact) mass is 367 g/mol. The smallest absolute Gasteiger partial charge is 0.251 e. The van der Waals surface area contributed by atoms with Crippen LogP contribution in [-0.2, 0) is 16.0 Å². The van der Waals surface area contributed by atoms with E-state index in [0.717, 1.165) is 22.9 Å². The Hall–Kier alpha value is -2.63. The number of fused-ring (bicyclic) bond motifs is 1. The van der Waals surface area contributed by atoms with Gasteiger partial charge in [0.25, 0.3) is 5.91 Å². The minimum absolute atomic E-state index is 0.178. The lowest BCUT2D eigenvalue weighted by Gasteiger charge is -2.16. The highest BCUT2D eigenvalue weighted by atomic mass is 35.5. The van der Waals surface area contributed by atoms with Crippen molar-refractivity contribution in [2.45, 2.75) is 18.9 Å². The van der Waals surface area contributed by atoms with Crippen LogP contribution in [0, 0.1) is 0 Å². The number of nitrogens with zero attached hydrogens (tertiary/aromatic N) is 1. The predicted molar refractivity (Wildman–Crippen MR) is 102 cm³/mol. The number of carbonyl (C=O) groups excluding carboxylic acids is 2. The molecule has 1 aliphatic heterocycles. The molecule has 1 atom stereocenters. The van der Waals surface area contributed by atoms with Gasteiger partial charge < -0.3 is 10.3 Å². The number of hydrogen-bond acceptors (Lipinski definition) is 3. The van der Waals surface area contributed by atoms with E-state index in [2.05, 4.69) is 10.3 Å². The second-order valence-electron chi connectivity index (χ2n) is 6.41. The van der Waals surface area contributed by atoms with Gasteiger partial charge in [-0.05, 0) is 54.2 Å². The first-order chi connectivity index (χ1) is 12.6. The Bertz CT molecular complexity index is 982. The van der Waals surface area contributed by atoms with Crippen LogP contribution in [0.3, 0.4) is 0 Å². The summed E-state index contributed by atoms with van der Waals surface area (Å²) in [5, 5.41) is 4.94. The number of aromatic nitrogens is 1. The normalized spacial score (nSPS) is 17.4. The Morgan fingerprint density at radius 1 is 1.15 bits per heavy atom. The lowest BCUT2D eigenvalue weighted by Crippen LogP contribution is -2.39. The molecule has 3 aromatic rings. The minimum Gasteiger partial charge on any atom is -0.361 e. The van der Waals surface area contributed by atoms with Gasteiger partial charge in [0.2, 0.25) is 5.91 Å². The van der Waals surface area contributed by atoms with Crippen molar-refractivity contribution in [3.8, 4) is 0 Å². The molecule has 2 amide bonds. The molecule has 4 rings (SSSR count). The van der Waals surface area contributed by atoms with E-state index in [9.17, 15) is 9.59 Å². The van der Waals surface area contributed by atoms with Crippen LogP contribution in [0.5, 0.6) is 0 Å². The summed E-state index contributed by atoms with van der Waals surface area (Å²) in [6, 6.07) is 14.6. The molecule has 6 heteroatoms. The number of H-pyrrole nitrogens is 1. The average molecular weight is 368 g/mol. The Labute approximate surface area is 155 Å². The van der Waals surface area contributed by atoms with E-state index in [1.54, 1.807) is 6.07 Å². The fourth-order valence-corrected chi connectivity index (χ4v) is 3.53. The zero-order valence-corrected chi connectivity index (χ0v) is 14.8. The van der Waals surface area contributed by atoms with E-state index in [4.69, 9.17) is 11.6 Å². The van der Waals surface area contributed by atoms with E-state index in [-0.39, 0.29) is 18.2 Å². The van der Waals surface area contributed by atoms with E-state index in [1.807, 2.05) is 48.7 Å². The molecule has 2 aromatic carbocycles. The number of halogens is 1. The lowest BCUT2D eigenvalue weighted by molar-refractivity contribution is -0.121. The number of amides is 2. The van der Waals surface area contributed by atoms with Gasteiger partial charge in [0.15, 0.2) is 0 Å². The van der Waals surface area contributed by atoms with Gasteiger partial charge in [-0.1, -0.05) is 29.8 Å². The molecule has 0 spiro atoms. The van der Waals surface area contributed by atoms with Crippen LogP contribution in [0.25, 0.3) is 10.9 Å². The maximum atomic E-state index is 12.7. The fourth-order valence-electron chi connectivity index (χ4n) is 3.32. The standard InChI is InChI=1S/C20H18ClN3O2/c21-15-3-1-2-13(10-15)6-8-23-18-12-19(25)24(20(18)26)16-5-4-14-7-9-22-17(14)11-16/h1-5,7,9-11,18,22-23H,6,8,12H2. The van der Waals surface area contributed by atoms with E-state index in [1.165, 1.54) is 4.90 Å². The van der Waals surface area contributed by atoms with Crippen LogP contribution in [0.4, 0.5) is 5.69 Å². The quantitative estimate of drug-likeness (QED) is 0.680. The van der Waals surface area contributed by atoms with Crippen molar-refractivity contribution < 1.29 is 9.59 Å². The van der Waals surface area contributed by atoms with Gasteiger partial charge in [-0.2, -0.15) is 0 Å². The van der Waals surface area contributed by atoms with E-state index < -0.39 is 6.04 Å². The lowest BCUT2D eigenvalue weighted by atomic mass is 10.1. The molecule has 1 saturated heterocycles. The highest BCUT2D eigenvalue weighted by molar-refractivity contribution is 6.30. The number of carbonyl (C=O) groups is 2. The molecule has 0 radical (unpaired) electrons. The molecule has 1 aliphatic rings. The molecule has 0 bridgehead atoms. The van der Waals surface area contributed by atoms with Crippen molar-refractivity contribution in [2.75, 3.05) is 11.4 Å². The first-order valence-electron chi connectivity index (χ1n) is 8.53. The molecule has 1 unspecified atom stereocenters. The number of nitrogens with one attached hydrogen (secondary N) is 2. The van der Waals surface area contributed by atoms with Crippen molar-refractivity contribution >= 4 is 40.0 Å². The zero-order chi connectivity index (χ0) is 18.1. The average Bonchev–Trinajstić information content (AvgIpc) is 3.19. The number of anilines is 1. The maximum absolute atomic E-state index is 12.7. The molecule has 1 fully saturated rings. The van der Waals surface area contributed by atoms with Crippen LogP contribution >= 0.6 is 11.6 Å². The van der Waals surface area contributed by atoms with Gasteiger partial charge >= 0.3 is 0 Å². The summed E-state index contributed by atoms with van der Waals surface area (Å²) >= 11 is 5.98. The Morgan fingerprint density at radius 3 is 2.88 bits per heavy atom. The summed E-state index contributed by atoms with van der Waals surface area (Å²) < 4.78 is 0. The van der Waals surface area contributed by atoms with E-state index in [0.29, 0.717) is 17.3 Å². The highest BCUT2D eigenvalue weighted by Crippen LogP contribution is 2.26. The molecule has 2 N–H and O–H groups in total. The third kappa shape index (κ3) is 3.23. The number of imide groups is 1. The third-order valence-electron chi connectivity index (χ3n) is 4.64. The predicted octanol–water partition coefficient (Wildman–Crippen LogP) is 3.29. The van der Waals surface area contributed by atoms with Crippen molar-refractivity contribution in [1.82, 2.24) is 10.3 Å². The van der Waals surface area contributed by atoms with Crippen LogP contribution < -0.4 is 10.2 Å². The highest BCUT2D eigenvalue weighted by Gasteiger charge is 2.39. The van der Waals surface area contributed by atoms with E-state index >= 15 is 0 Å². The van der Waals surface area contributed by atoms with Gasteiger partial charge in [0.05, 0.1) is 18.2 Å². The Kier molecular flexibility index (Phi) is 4.49. The second-order valence-corrected chi connectivity index (χ2v) is 6.84. The summed E-state index contributed by atoms with van der Waals surface area (Å²) in [5.74, 6) is -0.381. The van der Waals surface area contributed by atoms with Crippen LogP contribution in [0.1, 0.15) is 12.0 Å². The molecule has 5 nitrogen and oxygen atoms in total. The maximum Gasteiger partial charge on any atom is 0.251 e. The number of aromatic amines is 1. The van der Waals surface area contributed by atoms with Crippen molar-refractivity contribution in [3.63, 3.8) is 0 Å². The summed E-state index contributed by atoms with van der Waals surface area (Å²) in [6.07, 6.45) is 2.76. The van der Waals surface area contributed by atoms with Crippen LogP contribution in [-0.4, -0.2) is 29.4 Å². The summed E-state index contributed by atoms with van der Waals surface area (Å²) in [6.45, 7) is 0.605. The van der Waals surface area contributed by atoms with Crippen molar-refractivity contribution in [3.05, 3.63) is 65.3 Å². The first-order valence-corrected chi connectivity index (χ1v) is 8.91. The molecule has 0 saturated carbocycles. The summed E-state index contributed by atoms with van der Waals surface area (Å²) in [4.78, 5) is 29.5. The SMILES string of the molecule is O=C1CC(NCCc2cccc(Cl)c2)C(=O)N1c1ccc2cc[nH]c2c1. The summed E-state index contributed by atoms with van der Waals surface area (Å²) in [7, 11) is 0. The minimum atomic E-state index is -0.485. The van der Waals surface area contributed by atoms with Gasteiger partial charge in [-0.15, -0.1) is 0 Å². The van der Waals surface area contributed by atoms with Gasteiger partial charge in [-0.3, -0.25) is 9.59 Å². The Balaban J connectivity index is 1.43. The van der Waals surface area contributed by atoms with Gasteiger partial charge in [-0.25, -0.2) is 4.90 Å². The van der Waals surface area contributed by atoms with Gasteiger partial charge in [0, 0.05) is 16.7 Å². The molecule has 26 heavy (non-hydrogen) atoms. The molecule has 132 valence electrons. The Morgan fingerprint density at radius 2 is 2.04 bits per heavy atom. The van der Waals surface area contributed by atoms with Crippen LogP contribution in [0.2, 0.25) is 5.02 Å². The number of benzene rings is 2. The molecule has 2 heterocycles. The number of hydrogen-bond donors (Lipinski definition) is 2.